The van der Waals surface area contributed by atoms with Crippen LogP contribution < -0.4 is 0 Å². The number of rotatable bonds is 69. The molecule has 0 bridgehead atoms. The Morgan fingerprint density at radius 2 is 0.640 bits per heavy atom. The summed E-state index contributed by atoms with van der Waals surface area (Å²) in [4.78, 5) is 37.7. The summed E-state index contributed by atoms with van der Waals surface area (Å²) >= 11 is 0. The van der Waals surface area contributed by atoms with Crippen LogP contribution in [0, 0.1) is 0 Å². The molecule has 0 fully saturated rings. The number of allylic oxidation sites excluding steroid dienone is 16. The molecule has 0 saturated carbocycles. The highest BCUT2D eigenvalue weighted by Crippen LogP contribution is 2.18. The van der Waals surface area contributed by atoms with E-state index in [4.69, 9.17) is 18.9 Å². The molecule has 0 aliphatic carbocycles. The van der Waals surface area contributed by atoms with Crippen LogP contribution in [-0.4, -0.2) is 87.4 Å². The van der Waals surface area contributed by atoms with Crippen LogP contribution in [0.25, 0.3) is 0 Å². The molecular formula is C80H142NO8+. The van der Waals surface area contributed by atoms with E-state index in [0.717, 1.165) is 83.5 Å². The second-order valence-corrected chi connectivity index (χ2v) is 26.2. The van der Waals surface area contributed by atoms with Crippen LogP contribution in [-0.2, 0) is 33.3 Å². The van der Waals surface area contributed by atoms with Gasteiger partial charge in [-0.05, 0) is 96.3 Å². The van der Waals surface area contributed by atoms with Gasteiger partial charge in [0.1, 0.15) is 13.2 Å². The average Bonchev–Trinajstić information content (AvgIpc) is 3.64. The number of ether oxygens (including phenoxy) is 4. The molecule has 0 aliphatic rings. The van der Waals surface area contributed by atoms with Crippen molar-refractivity contribution in [3.63, 3.8) is 0 Å². The first-order chi connectivity index (χ1) is 43.6. The Kier molecular flexibility index (Phi) is 67.1. The lowest BCUT2D eigenvalue weighted by atomic mass is 10.0. The Bertz CT molecular complexity index is 1790. The van der Waals surface area contributed by atoms with Gasteiger partial charge in [0.05, 0.1) is 34.4 Å². The molecule has 0 radical (unpaired) electrons. The molecule has 2 unspecified atom stereocenters. The summed E-state index contributed by atoms with van der Waals surface area (Å²) in [6, 6.07) is 0. The first-order valence-corrected chi connectivity index (χ1v) is 37.4. The zero-order valence-electron chi connectivity index (χ0n) is 58.8. The minimum Gasteiger partial charge on any atom is -0.477 e. The Labute approximate surface area is 550 Å². The maximum atomic E-state index is 13.0. The van der Waals surface area contributed by atoms with Gasteiger partial charge in [-0.3, -0.25) is 9.59 Å². The highest BCUT2D eigenvalue weighted by molar-refractivity contribution is 5.71. The smallest absolute Gasteiger partial charge is 0.361 e. The molecule has 89 heavy (non-hydrogen) atoms. The van der Waals surface area contributed by atoms with Gasteiger partial charge in [-0.1, -0.05) is 323 Å². The third kappa shape index (κ3) is 71.5. The lowest BCUT2D eigenvalue weighted by Gasteiger charge is -2.25. The molecule has 0 aromatic carbocycles. The van der Waals surface area contributed by atoms with Crippen molar-refractivity contribution in [1.82, 2.24) is 0 Å². The first kappa shape index (κ1) is 85.2. The third-order valence-electron chi connectivity index (χ3n) is 16.3. The van der Waals surface area contributed by atoms with Crippen molar-refractivity contribution >= 4 is 17.9 Å². The Morgan fingerprint density at radius 1 is 0.348 bits per heavy atom. The molecule has 1 N–H and O–H groups in total. The fourth-order valence-electron chi connectivity index (χ4n) is 10.6. The van der Waals surface area contributed by atoms with Crippen molar-refractivity contribution in [3.8, 4) is 0 Å². The minimum absolute atomic E-state index is 0.183. The number of esters is 2. The van der Waals surface area contributed by atoms with Crippen LogP contribution in [0.3, 0.4) is 0 Å². The molecule has 9 heteroatoms. The molecule has 0 rings (SSSR count). The summed E-state index contributed by atoms with van der Waals surface area (Å²) in [5, 5.41) is 9.76. The van der Waals surface area contributed by atoms with E-state index in [1.54, 1.807) is 0 Å². The standard InChI is InChI=1S/C80H141NO8/c1-6-8-10-12-14-16-18-20-22-24-26-28-30-32-34-36-38-39-41-42-44-46-48-50-52-54-56-58-60-62-64-66-68-70-77(82)87-74-76(75-88-80(79(84)85)86-73-72-81(3,4)5)89-78(83)71-69-67-65-63-61-59-57-55-53-51-49-47-45-43-40-37-35-33-31-29-27-25-23-21-19-17-15-13-11-9-7-2/h9,11,15,17-18,20-21,23-24,26-27,29,33,35,40,43,76,80H,6-8,10,12-14,16,19,22,25,28,30-32,34,36-39,41-42,44-75H2,1-5H3/p+1/b11-9-,17-15-,20-18-,23-21-,26-24-,29-27-,35-33-,43-40-. The normalized spacial score (nSPS) is 13.2. The number of hydrogen-bond acceptors (Lipinski definition) is 7. The number of carboxylic acid groups (broad SMARTS) is 1. The Hall–Kier alpha value is -3.79. The number of aliphatic carboxylic acids is 1. The van der Waals surface area contributed by atoms with E-state index in [2.05, 4.69) is 111 Å². The van der Waals surface area contributed by atoms with Gasteiger partial charge >= 0.3 is 17.9 Å². The predicted molar refractivity (Wildman–Crippen MR) is 382 cm³/mol. The molecule has 0 amide bonds. The maximum absolute atomic E-state index is 13.0. The summed E-state index contributed by atoms with van der Waals surface area (Å²) in [6.07, 6.45) is 93.9. The predicted octanol–water partition coefficient (Wildman–Crippen LogP) is 23.6. The van der Waals surface area contributed by atoms with Crippen LogP contribution in [0.1, 0.15) is 335 Å². The molecule has 0 aromatic heterocycles. The van der Waals surface area contributed by atoms with Gasteiger partial charge < -0.3 is 28.5 Å². The number of carbonyl (C=O) groups excluding carboxylic acids is 2. The zero-order valence-corrected chi connectivity index (χ0v) is 58.8. The SMILES string of the molecule is CC/C=C\C/C=C\C/C=C\C/C=C\C/C=C\C/C=C\CCCCCCCCCCCCCCC(=O)OC(COC(=O)CCCCCCCCCCCCCCCCCCCCCCC/C=C\C/C=C\CCCCCCC)COC(OCC[N+](C)(C)C)C(=O)O. The Morgan fingerprint density at radius 3 is 0.955 bits per heavy atom. The molecule has 9 nitrogen and oxygen atoms in total. The van der Waals surface area contributed by atoms with Gasteiger partial charge in [0, 0.05) is 12.8 Å². The van der Waals surface area contributed by atoms with Gasteiger partial charge in [-0.25, -0.2) is 4.79 Å². The van der Waals surface area contributed by atoms with Crippen LogP contribution in [0.2, 0.25) is 0 Å². The monoisotopic (exact) mass is 1250 g/mol. The Balaban J connectivity index is 4.07. The van der Waals surface area contributed by atoms with Crippen molar-refractivity contribution in [1.29, 1.82) is 0 Å². The number of hydrogen-bond donors (Lipinski definition) is 1. The topological polar surface area (TPSA) is 108 Å². The van der Waals surface area contributed by atoms with E-state index in [-0.39, 0.29) is 32.2 Å². The molecule has 514 valence electrons. The number of quaternary nitrogens is 1. The second-order valence-electron chi connectivity index (χ2n) is 26.2. The van der Waals surface area contributed by atoms with E-state index in [9.17, 15) is 19.5 Å². The summed E-state index contributed by atoms with van der Waals surface area (Å²) in [6.45, 7) is 4.79. The van der Waals surface area contributed by atoms with E-state index < -0.39 is 24.3 Å². The van der Waals surface area contributed by atoms with E-state index in [0.29, 0.717) is 23.9 Å². The molecular weight excluding hydrogens is 1100 g/mol. The van der Waals surface area contributed by atoms with Crippen molar-refractivity contribution in [2.75, 3.05) is 47.5 Å². The zero-order chi connectivity index (χ0) is 64.7. The van der Waals surface area contributed by atoms with Gasteiger partial charge in [-0.2, -0.15) is 0 Å². The van der Waals surface area contributed by atoms with Gasteiger partial charge in [0.25, 0.3) is 6.29 Å². The fourth-order valence-corrected chi connectivity index (χ4v) is 10.6. The lowest BCUT2D eigenvalue weighted by molar-refractivity contribution is -0.870. The molecule has 0 spiro atoms. The average molecular weight is 1250 g/mol. The number of nitrogens with zero attached hydrogens (tertiary/aromatic N) is 1. The molecule has 0 aromatic rings. The fraction of sp³-hybridized carbons (Fsp3) is 0.762. The van der Waals surface area contributed by atoms with Gasteiger partial charge in [0.2, 0.25) is 0 Å². The number of likely N-dealkylation sites (N-methyl/N-ethyl adjacent to an activating group) is 1. The van der Waals surface area contributed by atoms with Crippen LogP contribution in [0.15, 0.2) is 97.2 Å². The van der Waals surface area contributed by atoms with Crippen molar-refractivity contribution in [2.45, 2.75) is 347 Å². The van der Waals surface area contributed by atoms with Crippen molar-refractivity contribution in [2.24, 2.45) is 0 Å². The number of unbranched alkanes of at least 4 members (excludes halogenated alkanes) is 38. The summed E-state index contributed by atoms with van der Waals surface area (Å²) in [7, 11) is 5.98. The lowest BCUT2D eigenvalue weighted by Crippen LogP contribution is -2.40. The van der Waals surface area contributed by atoms with E-state index >= 15 is 0 Å². The molecule has 0 aliphatic heterocycles. The van der Waals surface area contributed by atoms with Gasteiger partial charge in [-0.15, -0.1) is 0 Å². The van der Waals surface area contributed by atoms with Crippen LogP contribution >= 0.6 is 0 Å². The molecule has 0 saturated heterocycles. The number of carboxylic acids is 1. The summed E-state index contributed by atoms with van der Waals surface area (Å²) in [5.41, 5.74) is 0. The first-order valence-electron chi connectivity index (χ1n) is 37.4. The maximum Gasteiger partial charge on any atom is 0.361 e. The summed E-state index contributed by atoms with van der Waals surface area (Å²) in [5.74, 6) is -1.99. The largest absolute Gasteiger partial charge is 0.477 e. The highest BCUT2D eigenvalue weighted by atomic mass is 16.7. The minimum atomic E-state index is -1.51. The summed E-state index contributed by atoms with van der Waals surface area (Å²) < 4.78 is 23.0. The van der Waals surface area contributed by atoms with Gasteiger partial charge in [0.15, 0.2) is 6.10 Å². The quantitative estimate of drug-likeness (QED) is 0.0211. The molecule has 2 atom stereocenters. The van der Waals surface area contributed by atoms with E-state index in [1.807, 2.05) is 21.1 Å². The second kappa shape index (κ2) is 70.1. The van der Waals surface area contributed by atoms with Crippen LogP contribution in [0.4, 0.5) is 0 Å². The van der Waals surface area contributed by atoms with Crippen molar-refractivity contribution in [3.05, 3.63) is 97.2 Å². The highest BCUT2D eigenvalue weighted by Gasteiger charge is 2.25. The van der Waals surface area contributed by atoms with Crippen LogP contribution in [0.5, 0.6) is 0 Å². The third-order valence-corrected chi connectivity index (χ3v) is 16.3. The van der Waals surface area contributed by atoms with E-state index in [1.165, 1.54) is 218 Å². The number of carbonyl (C=O) groups is 3. The molecule has 0 heterocycles. The van der Waals surface area contributed by atoms with Crippen molar-refractivity contribution < 1.29 is 42.9 Å².